The van der Waals surface area contributed by atoms with Crippen molar-refractivity contribution in [2.24, 2.45) is 0 Å². The van der Waals surface area contributed by atoms with Crippen molar-refractivity contribution in [2.75, 3.05) is 6.79 Å². The molecule has 0 spiro atoms. The molecule has 1 heterocycles. The standard InChI is InChI=1S/C17H16O2/c1-4-13-8-16-17(19-10-18-16)9-15(13)14-6-11(2)5-12(3)7-14/h4-9H,1,10H2,2-3H3. The molecular weight excluding hydrogens is 236 g/mol. The molecule has 0 bridgehead atoms. The first kappa shape index (κ1) is 11.8. The summed E-state index contributed by atoms with van der Waals surface area (Å²) in [6.45, 7) is 8.40. The van der Waals surface area contributed by atoms with Gasteiger partial charge in [0.1, 0.15) is 0 Å². The summed E-state index contributed by atoms with van der Waals surface area (Å²) in [4.78, 5) is 0. The van der Waals surface area contributed by atoms with E-state index >= 15 is 0 Å². The zero-order chi connectivity index (χ0) is 13.4. The lowest BCUT2D eigenvalue weighted by Gasteiger charge is -2.10. The second kappa shape index (κ2) is 4.47. The van der Waals surface area contributed by atoms with Crippen LogP contribution in [0.5, 0.6) is 11.5 Å². The molecule has 0 saturated heterocycles. The predicted octanol–water partition coefficient (Wildman–Crippen LogP) is 4.34. The van der Waals surface area contributed by atoms with Gasteiger partial charge in [-0.3, -0.25) is 0 Å². The molecule has 0 aromatic heterocycles. The first-order chi connectivity index (χ1) is 9.17. The lowest BCUT2D eigenvalue weighted by atomic mass is 9.96. The van der Waals surface area contributed by atoms with E-state index < -0.39 is 0 Å². The van der Waals surface area contributed by atoms with Crippen molar-refractivity contribution in [1.29, 1.82) is 0 Å². The fourth-order valence-corrected chi connectivity index (χ4v) is 2.51. The van der Waals surface area contributed by atoms with Crippen molar-refractivity contribution in [3.8, 4) is 22.6 Å². The van der Waals surface area contributed by atoms with E-state index in [2.05, 4.69) is 38.6 Å². The number of hydrogen-bond acceptors (Lipinski definition) is 2. The van der Waals surface area contributed by atoms with E-state index in [1.54, 1.807) is 0 Å². The Labute approximate surface area is 113 Å². The summed E-state index contributed by atoms with van der Waals surface area (Å²) < 4.78 is 10.9. The van der Waals surface area contributed by atoms with Gasteiger partial charge in [-0.2, -0.15) is 0 Å². The molecule has 0 N–H and O–H groups in total. The fourth-order valence-electron chi connectivity index (χ4n) is 2.51. The van der Waals surface area contributed by atoms with Gasteiger partial charge in [-0.05, 0) is 42.7 Å². The average Bonchev–Trinajstić information content (AvgIpc) is 2.83. The molecule has 2 aromatic rings. The van der Waals surface area contributed by atoms with Gasteiger partial charge < -0.3 is 9.47 Å². The van der Waals surface area contributed by atoms with Crippen LogP contribution in [0.1, 0.15) is 16.7 Å². The lowest BCUT2D eigenvalue weighted by Crippen LogP contribution is -1.92. The molecule has 2 heteroatoms. The molecule has 1 aliphatic heterocycles. The summed E-state index contributed by atoms with van der Waals surface area (Å²) in [5.41, 5.74) is 5.89. The Balaban J connectivity index is 2.21. The van der Waals surface area contributed by atoms with E-state index in [1.165, 1.54) is 16.7 Å². The molecule has 96 valence electrons. The molecule has 0 aliphatic carbocycles. The van der Waals surface area contributed by atoms with Crippen molar-refractivity contribution in [3.05, 3.63) is 53.6 Å². The van der Waals surface area contributed by atoms with Crippen molar-refractivity contribution >= 4 is 6.08 Å². The summed E-state index contributed by atoms with van der Waals surface area (Å²) in [6.07, 6.45) is 1.86. The maximum absolute atomic E-state index is 5.46. The Morgan fingerprint density at radius 2 is 1.58 bits per heavy atom. The predicted molar refractivity (Wildman–Crippen MR) is 77.6 cm³/mol. The minimum atomic E-state index is 0.294. The van der Waals surface area contributed by atoms with Crippen LogP contribution in [0.4, 0.5) is 0 Å². The summed E-state index contributed by atoms with van der Waals surface area (Å²) in [6, 6.07) is 10.6. The number of benzene rings is 2. The highest BCUT2D eigenvalue weighted by Gasteiger charge is 2.17. The van der Waals surface area contributed by atoms with E-state index in [0.29, 0.717) is 6.79 Å². The van der Waals surface area contributed by atoms with Crippen LogP contribution < -0.4 is 9.47 Å². The number of ether oxygens (including phenoxy) is 2. The molecule has 0 fully saturated rings. The third kappa shape index (κ3) is 2.10. The minimum absolute atomic E-state index is 0.294. The van der Waals surface area contributed by atoms with Crippen LogP contribution in [0.25, 0.3) is 17.2 Å². The first-order valence-corrected chi connectivity index (χ1v) is 6.32. The zero-order valence-electron chi connectivity index (χ0n) is 11.2. The van der Waals surface area contributed by atoms with E-state index in [0.717, 1.165) is 22.6 Å². The SMILES string of the molecule is C=Cc1cc2c(cc1-c1cc(C)cc(C)c1)OCO2. The maximum Gasteiger partial charge on any atom is 0.231 e. The van der Waals surface area contributed by atoms with Crippen LogP contribution in [0.3, 0.4) is 0 Å². The van der Waals surface area contributed by atoms with E-state index in [1.807, 2.05) is 18.2 Å². The summed E-state index contributed by atoms with van der Waals surface area (Å²) >= 11 is 0. The van der Waals surface area contributed by atoms with Crippen LogP contribution in [0.15, 0.2) is 36.9 Å². The van der Waals surface area contributed by atoms with Gasteiger partial charge in [-0.25, -0.2) is 0 Å². The normalized spacial score (nSPS) is 12.5. The van der Waals surface area contributed by atoms with Gasteiger partial charge in [0, 0.05) is 0 Å². The number of rotatable bonds is 2. The van der Waals surface area contributed by atoms with Crippen LogP contribution in [-0.4, -0.2) is 6.79 Å². The third-order valence-electron chi connectivity index (χ3n) is 3.30. The number of hydrogen-bond donors (Lipinski definition) is 0. The molecule has 0 unspecified atom stereocenters. The maximum atomic E-state index is 5.46. The number of aryl methyl sites for hydroxylation is 2. The average molecular weight is 252 g/mol. The molecule has 2 aromatic carbocycles. The Hall–Kier alpha value is -2.22. The minimum Gasteiger partial charge on any atom is -0.454 e. The van der Waals surface area contributed by atoms with Crippen LogP contribution in [-0.2, 0) is 0 Å². The van der Waals surface area contributed by atoms with Crippen molar-refractivity contribution in [1.82, 2.24) is 0 Å². The topological polar surface area (TPSA) is 18.5 Å². The molecule has 0 radical (unpaired) electrons. The molecule has 2 nitrogen and oxygen atoms in total. The first-order valence-electron chi connectivity index (χ1n) is 6.32. The smallest absolute Gasteiger partial charge is 0.231 e. The molecule has 0 saturated carbocycles. The van der Waals surface area contributed by atoms with Gasteiger partial charge in [-0.1, -0.05) is 42.0 Å². The van der Waals surface area contributed by atoms with Gasteiger partial charge in [-0.15, -0.1) is 0 Å². The summed E-state index contributed by atoms with van der Waals surface area (Å²) in [5, 5.41) is 0. The number of fused-ring (bicyclic) bond motifs is 1. The Bertz CT molecular complexity index is 636. The third-order valence-corrected chi connectivity index (χ3v) is 3.30. The molecule has 1 aliphatic rings. The van der Waals surface area contributed by atoms with E-state index in [9.17, 15) is 0 Å². The highest BCUT2D eigenvalue weighted by Crippen LogP contribution is 2.39. The molecule has 19 heavy (non-hydrogen) atoms. The van der Waals surface area contributed by atoms with Gasteiger partial charge in [0.25, 0.3) is 0 Å². The van der Waals surface area contributed by atoms with Crippen LogP contribution >= 0.6 is 0 Å². The molecule has 0 amide bonds. The highest BCUT2D eigenvalue weighted by molar-refractivity contribution is 5.78. The summed E-state index contributed by atoms with van der Waals surface area (Å²) in [7, 11) is 0. The van der Waals surface area contributed by atoms with Crippen molar-refractivity contribution < 1.29 is 9.47 Å². The monoisotopic (exact) mass is 252 g/mol. The van der Waals surface area contributed by atoms with Gasteiger partial charge in [0.15, 0.2) is 11.5 Å². The van der Waals surface area contributed by atoms with Gasteiger partial charge in [0.2, 0.25) is 6.79 Å². The summed E-state index contributed by atoms with van der Waals surface area (Å²) in [5.74, 6) is 1.60. The second-order valence-corrected chi connectivity index (χ2v) is 4.87. The molecular formula is C17H16O2. The quantitative estimate of drug-likeness (QED) is 0.791. The Kier molecular flexibility index (Phi) is 2.79. The van der Waals surface area contributed by atoms with Crippen LogP contribution in [0.2, 0.25) is 0 Å². The molecule has 0 atom stereocenters. The Morgan fingerprint density at radius 1 is 0.947 bits per heavy atom. The fraction of sp³-hybridized carbons (Fsp3) is 0.176. The van der Waals surface area contributed by atoms with E-state index in [-0.39, 0.29) is 0 Å². The zero-order valence-corrected chi connectivity index (χ0v) is 11.2. The van der Waals surface area contributed by atoms with Gasteiger partial charge >= 0.3 is 0 Å². The van der Waals surface area contributed by atoms with Crippen molar-refractivity contribution in [3.63, 3.8) is 0 Å². The van der Waals surface area contributed by atoms with Crippen LogP contribution in [0, 0.1) is 13.8 Å². The van der Waals surface area contributed by atoms with Crippen molar-refractivity contribution in [2.45, 2.75) is 13.8 Å². The Morgan fingerprint density at radius 3 is 2.21 bits per heavy atom. The van der Waals surface area contributed by atoms with Gasteiger partial charge in [0.05, 0.1) is 0 Å². The largest absolute Gasteiger partial charge is 0.454 e. The second-order valence-electron chi connectivity index (χ2n) is 4.87. The molecule has 3 rings (SSSR count). The van der Waals surface area contributed by atoms with E-state index in [4.69, 9.17) is 9.47 Å². The highest BCUT2D eigenvalue weighted by atomic mass is 16.7. The lowest BCUT2D eigenvalue weighted by molar-refractivity contribution is 0.174.